The largest absolute Gasteiger partial charge is 0.494 e. The first-order chi connectivity index (χ1) is 7.13. The van der Waals surface area contributed by atoms with Gasteiger partial charge in [0.15, 0.2) is 11.6 Å². The molecule has 1 aliphatic carbocycles. The maximum absolute atomic E-state index is 13.3. The zero-order valence-corrected chi connectivity index (χ0v) is 8.29. The monoisotopic (exact) mass is 210 g/mol. The number of aromatic carboxylic acids is 1. The molecule has 0 bridgehead atoms. The number of halogens is 1. The number of methoxy groups -OCH3 is 1. The molecule has 0 radical (unpaired) electrons. The summed E-state index contributed by atoms with van der Waals surface area (Å²) in [5, 5.41) is 8.92. The maximum atomic E-state index is 13.3. The van der Waals surface area contributed by atoms with Gasteiger partial charge in [-0.25, -0.2) is 9.18 Å². The van der Waals surface area contributed by atoms with Crippen LogP contribution >= 0.6 is 0 Å². The molecule has 0 heterocycles. The normalized spacial score (nSPS) is 15.1. The molecular formula is C11H11FO3. The summed E-state index contributed by atoms with van der Waals surface area (Å²) in [6.45, 7) is 0. The van der Waals surface area contributed by atoms with Crippen LogP contribution in [-0.2, 0) is 0 Å². The molecule has 15 heavy (non-hydrogen) atoms. The van der Waals surface area contributed by atoms with Crippen LogP contribution in [0.5, 0.6) is 5.75 Å². The molecule has 0 unspecified atom stereocenters. The predicted octanol–water partition coefficient (Wildman–Crippen LogP) is 2.41. The molecule has 0 amide bonds. The van der Waals surface area contributed by atoms with Crippen LogP contribution in [0.4, 0.5) is 4.39 Å². The fraction of sp³-hybridized carbons (Fsp3) is 0.364. The Morgan fingerprint density at radius 1 is 1.53 bits per heavy atom. The molecule has 3 nitrogen and oxygen atoms in total. The summed E-state index contributed by atoms with van der Waals surface area (Å²) in [6, 6.07) is 2.53. The molecule has 1 aromatic carbocycles. The van der Waals surface area contributed by atoms with E-state index >= 15 is 0 Å². The van der Waals surface area contributed by atoms with E-state index in [4.69, 9.17) is 9.84 Å². The molecule has 1 fully saturated rings. The van der Waals surface area contributed by atoms with E-state index in [0.717, 1.165) is 18.9 Å². The lowest BCUT2D eigenvalue weighted by Gasteiger charge is -2.08. The molecule has 0 aliphatic heterocycles. The highest BCUT2D eigenvalue weighted by Gasteiger charge is 2.29. The number of ether oxygens (including phenoxy) is 1. The van der Waals surface area contributed by atoms with Gasteiger partial charge in [0.05, 0.1) is 12.7 Å². The van der Waals surface area contributed by atoms with E-state index in [9.17, 15) is 9.18 Å². The first-order valence-corrected chi connectivity index (χ1v) is 4.74. The Bertz CT molecular complexity index is 411. The number of benzene rings is 1. The fourth-order valence-electron chi connectivity index (χ4n) is 1.64. The third kappa shape index (κ3) is 1.79. The van der Waals surface area contributed by atoms with Crippen molar-refractivity contribution in [2.45, 2.75) is 18.8 Å². The van der Waals surface area contributed by atoms with Crippen LogP contribution in [0.2, 0.25) is 0 Å². The van der Waals surface area contributed by atoms with Crippen molar-refractivity contribution in [3.63, 3.8) is 0 Å². The Kier molecular flexibility index (Phi) is 2.34. The molecule has 1 aromatic rings. The van der Waals surface area contributed by atoms with Crippen LogP contribution in [0.25, 0.3) is 0 Å². The SMILES string of the molecule is COc1cc(C2CC2)c(C(=O)O)cc1F. The van der Waals surface area contributed by atoms with Crippen LogP contribution in [0, 0.1) is 5.82 Å². The number of carboxylic acid groups (broad SMARTS) is 1. The van der Waals surface area contributed by atoms with Gasteiger partial charge in [-0.3, -0.25) is 0 Å². The lowest BCUT2D eigenvalue weighted by Crippen LogP contribution is -2.04. The summed E-state index contributed by atoms with van der Waals surface area (Å²) in [5.74, 6) is -1.34. The number of rotatable bonds is 3. The Balaban J connectivity index is 2.52. The summed E-state index contributed by atoms with van der Waals surface area (Å²) >= 11 is 0. The standard InChI is InChI=1S/C11H11FO3/c1-15-10-5-7(6-2-3-6)8(11(13)14)4-9(10)12/h4-6H,2-3H2,1H3,(H,13,14). The third-order valence-electron chi connectivity index (χ3n) is 2.57. The molecule has 0 saturated heterocycles. The van der Waals surface area contributed by atoms with Crippen molar-refractivity contribution in [1.29, 1.82) is 0 Å². The smallest absolute Gasteiger partial charge is 0.336 e. The van der Waals surface area contributed by atoms with E-state index in [1.807, 2.05) is 0 Å². The summed E-state index contributed by atoms with van der Waals surface area (Å²) in [7, 11) is 1.37. The van der Waals surface area contributed by atoms with Gasteiger partial charge in [0, 0.05) is 0 Å². The highest BCUT2D eigenvalue weighted by Crippen LogP contribution is 2.43. The lowest BCUT2D eigenvalue weighted by molar-refractivity contribution is 0.0695. The average molecular weight is 210 g/mol. The summed E-state index contributed by atoms with van der Waals surface area (Å²) < 4.78 is 18.1. The second kappa shape index (κ2) is 3.53. The molecule has 1 N–H and O–H groups in total. The van der Waals surface area contributed by atoms with Gasteiger partial charge < -0.3 is 9.84 Å². The molecule has 0 spiro atoms. The Hall–Kier alpha value is -1.58. The van der Waals surface area contributed by atoms with Gasteiger partial charge in [0.25, 0.3) is 0 Å². The van der Waals surface area contributed by atoms with E-state index in [1.54, 1.807) is 0 Å². The van der Waals surface area contributed by atoms with E-state index < -0.39 is 11.8 Å². The van der Waals surface area contributed by atoms with Gasteiger partial charge in [0.2, 0.25) is 0 Å². The second-order valence-corrected chi connectivity index (χ2v) is 3.65. The molecule has 4 heteroatoms. The Morgan fingerprint density at radius 2 is 2.20 bits per heavy atom. The van der Waals surface area contributed by atoms with Gasteiger partial charge in [-0.05, 0) is 36.5 Å². The van der Waals surface area contributed by atoms with Crippen molar-refractivity contribution in [2.75, 3.05) is 7.11 Å². The van der Waals surface area contributed by atoms with Crippen molar-refractivity contribution >= 4 is 5.97 Å². The Morgan fingerprint density at radius 3 is 2.67 bits per heavy atom. The van der Waals surface area contributed by atoms with E-state index in [0.29, 0.717) is 5.56 Å². The average Bonchev–Trinajstić information content (AvgIpc) is 3.00. The third-order valence-corrected chi connectivity index (χ3v) is 2.57. The van der Waals surface area contributed by atoms with Crippen LogP contribution in [0.3, 0.4) is 0 Å². The molecule has 0 aromatic heterocycles. The van der Waals surface area contributed by atoms with Crippen molar-refractivity contribution in [1.82, 2.24) is 0 Å². The van der Waals surface area contributed by atoms with E-state index in [1.165, 1.54) is 13.2 Å². The quantitative estimate of drug-likeness (QED) is 0.833. The maximum Gasteiger partial charge on any atom is 0.336 e. The van der Waals surface area contributed by atoms with E-state index in [2.05, 4.69) is 0 Å². The molecule has 80 valence electrons. The summed E-state index contributed by atoms with van der Waals surface area (Å²) in [6.07, 6.45) is 1.93. The van der Waals surface area contributed by atoms with Crippen molar-refractivity contribution < 1.29 is 19.0 Å². The summed E-state index contributed by atoms with van der Waals surface area (Å²) in [5.41, 5.74) is 0.733. The number of carbonyl (C=O) groups is 1. The van der Waals surface area contributed by atoms with Gasteiger partial charge >= 0.3 is 5.97 Å². The lowest BCUT2D eigenvalue weighted by atomic mass is 10.0. The highest BCUT2D eigenvalue weighted by atomic mass is 19.1. The number of carboxylic acids is 1. The number of hydrogen-bond acceptors (Lipinski definition) is 2. The Labute approximate surface area is 86.5 Å². The first-order valence-electron chi connectivity index (χ1n) is 4.74. The molecule has 1 aliphatic rings. The summed E-state index contributed by atoms with van der Waals surface area (Å²) in [4.78, 5) is 10.9. The number of hydrogen-bond donors (Lipinski definition) is 1. The van der Waals surface area contributed by atoms with Gasteiger partial charge in [-0.1, -0.05) is 0 Å². The van der Waals surface area contributed by atoms with Gasteiger partial charge in [0.1, 0.15) is 0 Å². The molecule has 0 atom stereocenters. The van der Waals surface area contributed by atoms with Crippen LogP contribution in [0.15, 0.2) is 12.1 Å². The van der Waals surface area contributed by atoms with Crippen molar-refractivity contribution in [3.8, 4) is 5.75 Å². The van der Waals surface area contributed by atoms with Gasteiger partial charge in [-0.15, -0.1) is 0 Å². The topological polar surface area (TPSA) is 46.5 Å². The zero-order chi connectivity index (χ0) is 11.0. The predicted molar refractivity (Wildman–Crippen MR) is 51.9 cm³/mol. The highest BCUT2D eigenvalue weighted by molar-refractivity contribution is 5.90. The molecular weight excluding hydrogens is 199 g/mol. The van der Waals surface area contributed by atoms with Gasteiger partial charge in [-0.2, -0.15) is 0 Å². The van der Waals surface area contributed by atoms with Crippen molar-refractivity contribution in [3.05, 3.63) is 29.1 Å². The van der Waals surface area contributed by atoms with E-state index in [-0.39, 0.29) is 17.2 Å². The molecule has 1 saturated carbocycles. The second-order valence-electron chi connectivity index (χ2n) is 3.65. The molecule has 2 rings (SSSR count). The first kappa shape index (κ1) is 9.96. The van der Waals surface area contributed by atoms with Crippen molar-refractivity contribution in [2.24, 2.45) is 0 Å². The zero-order valence-electron chi connectivity index (χ0n) is 8.29. The van der Waals surface area contributed by atoms with Crippen LogP contribution in [0.1, 0.15) is 34.7 Å². The minimum atomic E-state index is -1.08. The fourth-order valence-corrected chi connectivity index (χ4v) is 1.64. The van der Waals surface area contributed by atoms with Crippen LogP contribution in [-0.4, -0.2) is 18.2 Å². The van der Waals surface area contributed by atoms with Crippen LogP contribution < -0.4 is 4.74 Å². The minimum absolute atomic E-state index is 0.0517. The minimum Gasteiger partial charge on any atom is -0.494 e.